The molecule has 4 aromatic rings. The van der Waals surface area contributed by atoms with Crippen molar-refractivity contribution in [2.75, 3.05) is 5.32 Å². The number of nitrogens with one attached hydrogen (secondary N) is 1. The van der Waals surface area contributed by atoms with E-state index < -0.39 is 30.4 Å². The molecule has 0 amide bonds. The average Bonchev–Trinajstić information content (AvgIpc) is 3.48. The Balaban J connectivity index is 1.51. The van der Waals surface area contributed by atoms with E-state index in [1.165, 1.54) is 29.1 Å². The number of nitrogens with zero attached hydrogens (tertiary/aromatic N) is 5. The lowest BCUT2D eigenvalue weighted by Gasteiger charge is -2.16. The van der Waals surface area contributed by atoms with Crippen LogP contribution in [0.2, 0.25) is 5.28 Å². The van der Waals surface area contributed by atoms with Gasteiger partial charge in [-0.1, -0.05) is 17.3 Å². The van der Waals surface area contributed by atoms with Crippen LogP contribution in [0, 0.1) is 5.82 Å². The molecule has 1 fully saturated rings. The summed E-state index contributed by atoms with van der Waals surface area (Å²) in [6.45, 7) is -0.350. The lowest BCUT2D eigenvalue weighted by molar-refractivity contribution is -0.0434. The Hall–Kier alpha value is -3.16. The lowest BCUT2D eigenvalue weighted by Crippen LogP contribution is -2.28. The number of halogens is 2. The molecule has 5 rings (SSSR count). The Morgan fingerprint density at radius 1 is 1.19 bits per heavy atom. The molecule has 4 atom stereocenters. The van der Waals surface area contributed by atoms with Gasteiger partial charge in [0.1, 0.15) is 29.8 Å². The van der Waals surface area contributed by atoms with Crippen LogP contribution in [0.15, 0.2) is 41.2 Å². The van der Waals surface area contributed by atoms with Crippen molar-refractivity contribution in [3.63, 3.8) is 0 Å². The zero-order valence-corrected chi connectivity index (χ0v) is 16.9. The van der Waals surface area contributed by atoms with Crippen molar-refractivity contribution in [3.8, 4) is 0 Å². The first-order valence-electron chi connectivity index (χ1n) is 9.46. The fourth-order valence-electron chi connectivity index (χ4n) is 3.51. The van der Waals surface area contributed by atoms with Gasteiger partial charge in [0.15, 0.2) is 29.0 Å². The Bertz CT molecular complexity index is 1280. The summed E-state index contributed by atoms with van der Waals surface area (Å²) >= 11 is 6.08. The molecular weight excluding hydrogens is 447 g/mol. The van der Waals surface area contributed by atoms with Gasteiger partial charge < -0.3 is 29.9 Å². The molecule has 0 aliphatic carbocycles. The predicted octanol–water partition coefficient (Wildman–Crippen LogP) is 1.83. The van der Waals surface area contributed by atoms with Crippen LogP contribution in [0.3, 0.4) is 0 Å². The summed E-state index contributed by atoms with van der Waals surface area (Å²) < 4.78 is 26.4. The van der Waals surface area contributed by atoms with Gasteiger partial charge in [-0.15, -0.1) is 0 Å². The Morgan fingerprint density at radius 3 is 2.75 bits per heavy atom. The molecular formula is C19H16ClFN6O5. The van der Waals surface area contributed by atoms with Crippen LogP contribution in [-0.4, -0.2) is 52.2 Å². The monoisotopic (exact) mass is 462 g/mol. The third kappa shape index (κ3) is 3.47. The van der Waals surface area contributed by atoms with Gasteiger partial charge in [-0.25, -0.2) is 9.37 Å². The number of aromatic nitrogens is 5. The molecule has 0 unspecified atom stereocenters. The van der Waals surface area contributed by atoms with E-state index in [1.807, 2.05) is 0 Å². The molecule has 11 nitrogen and oxygen atoms in total. The quantitative estimate of drug-likeness (QED) is 0.323. The number of para-hydroxylation sites is 1. The fourth-order valence-corrected chi connectivity index (χ4v) is 3.68. The molecule has 13 heteroatoms. The Morgan fingerprint density at radius 2 is 2.00 bits per heavy atom. The van der Waals surface area contributed by atoms with Crippen molar-refractivity contribution < 1.29 is 29.0 Å². The van der Waals surface area contributed by atoms with Gasteiger partial charge in [0.25, 0.3) is 0 Å². The molecule has 1 aliphatic rings. The highest BCUT2D eigenvalue weighted by molar-refractivity contribution is 6.28. The summed E-state index contributed by atoms with van der Waals surface area (Å²) in [6, 6.07) is 7.44. The Kier molecular flexibility index (Phi) is 5.23. The van der Waals surface area contributed by atoms with E-state index >= 15 is 0 Å². The highest BCUT2D eigenvalue weighted by atomic mass is 35.5. The van der Waals surface area contributed by atoms with E-state index in [0.717, 1.165) is 0 Å². The third-order valence-electron chi connectivity index (χ3n) is 5.05. The van der Waals surface area contributed by atoms with E-state index in [-0.39, 0.29) is 46.0 Å². The molecule has 4 heterocycles. The highest BCUT2D eigenvalue weighted by Gasteiger charge is 2.47. The Labute approximate surface area is 184 Å². The van der Waals surface area contributed by atoms with Crippen molar-refractivity contribution in [1.29, 1.82) is 0 Å². The molecule has 0 bridgehead atoms. The molecule has 1 saturated heterocycles. The number of aliphatic hydroxyl groups is 3. The van der Waals surface area contributed by atoms with Gasteiger partial charge in [0.2, 0.25) is 5.28 Å². The van der Waals surface area contributed by atoms with Crippen molar-refractivity contribution in [3.05, 3.63) is 59.2 Å². The maximum atomic E-state index is 14.1. The fraction of sp³-hybridized carbons (Fsp3) is 0.263. The van der Waals surface area contributed by atoms with E-state index in [4.69, 9.17) is 26.0 Å². The zero-order valence-electron chi connectivity index (χ0n) is 16.1. The minimum absolute atomic E-state index is 0.141. The molecule has 32 heavy (non-hydrogen) atoms. The second-order valence-electron chi connectivity index (χ2n) is 7.08. The summed E-state index contributed by atoms with van der Waals surface area (Å²) in [5.74, 6) is -0.206. The van der Waals surface area contributed by atoms with Gasteiger partial charge in [-0.05, 0) is 23.7 Å². The van der Waals surface area contributed by atoms with Gasteiger partial charge in [0, 0.05) is 6.07 Å². The minimum Gasteiger partial charge on any atom is -0.390 e. The largest absolute Gasteiger partial charge is 0.390 e. The van der Waals surface area contributed by atoms with Crippen molar-refractivity contribution in [1.82, 2.24) is 24.7 Å². The predicted molar refractivity (Wildman–Crippen MR) is 107 cm³/mol. The van der Waals surface area contributed by atoms with Gasteiger partial charge in [-0.3, -0.25) is 4.57 Å². The molecule has 0 spiro atoms. The highest BCUT2D eigenvalue weighted by Crippen LogP contribution is 2.40. The van der Waals surface area contributed by atoms with E-state index in [2.05, 4.69) is 25.4 Å². The van der Waals surface area contributed by atoms with Gasteiger partial charge in [-0.2, -0.15) is 9.97 Å². The van der Waals surface area contributed by atoms with Crippen LogP contribution in [-0.2, 0) is 11.3 Å². The summed E-state index contributed by atoms with van der Waals surface area (Å²) in [5, 5.41) is 36.6. The summed E-state index contributed by atoms with van der Waals surface area (Å²) in [4.78, 5) is 12.5. The third-order valence-corrected chi connectivity index (χ3v) is 5.22. The molecule has 166 valence electrons. The lowest BCUT2D eigenvalue weighted by atomic mass is 10.1. The van der Waals surface area contributed by atoms with Crippen LogP contribution in [0.5, 0.6) is 0 Å². The number of imidazole rings is 1. The number of rotatable bonds is 5. The number of fused-ring (bicyclic) bond motifs is 1. The first-order chi connectivity index (χ1) is 15.5. The maximum absolute atomic E-state index is 14.1. The van der Waals surface area contributed by atoms with Crippen molar-refractivity contribution in [2.24, 2.45) is 0 Å². The van der Waals surface area contributed by atoms with Crippen molar-refractivity contribution >= 4 is 34.3 Å². The standard InChI is InChI=1S/C19H16ClFN6O5/c20-19-24-16(23-10-4-2-1-3-9(10)21)12-17(25-19)27(7-22-12)18-14(30)13(29)15(31-18)11-5-8(6-28)26-32-11/h1-5,7,13-15,18,28-30H,6H2,(H,23,24,25)/t13-,14+,15+,18+/m0/s1. The number of ether oxygens (including phenoxy) is 1. The minimum atomic E-state index is -1.38. The van der Waals surface area contributed by atoms with Crippen LogP contribution >= 0.6 is 11.6 Å². The summed E-state index contributed by atoms with van der Waals surface area (Å²) in [5.41, 5.74) is 0.851. The average molecular weight is 463 g/mol. The topological polar surface area (TPSA) is 152 Å². The molecule has 1 aliphatic heterocycles. The SMILES string of the molecule is OCc1cc([C@H]2O[C@@H](n3cnc4c(Nc5ccccc5F)nc(Cl)nc43)[C@H](O)[C@@H]2O)on1. The second-order valence-corrected chi connectivity index (χ2v) is 7.42. The van der Waals surface area contributed by atoms with Crippen LogP contribution in [0.1, 0.15) is 23.8 Å². The van der Waals surface area contributed by atoms with Gasteiger partial charge >= 0.3 is 0 Å². The van der Waals surface area contributed by atoms with Crippen LogP contribution in [0.4, 0.5) is 15.9 Å². The van der Waals surface area contributed by atoms with Gasteiger partial charge in [0.05, 0.1) is 18.6 Å². The van der Waals surface area contributed by atoms with E-state index in [1.54, 1.807) is 12.1 Å². The molecule has 3 aromatic heterocycles. The first kappa shape index (κ1) is 20.7. The normalized spacial score (nSPS) is 23.2. The smallest absolute Gasteiger partial charge is 0.226 e. The number of aliphatic hydroxyl groups excluding tert-OH is 3. The van der Waals surface area contributed by atoms with E-state index in [9.17, 15) is 14.6 Å². The van der Waals surface area contributed by atoms with Crippen LogP contribution < -0.4 is 5.32 Å². The summed E-state index contributed by atoms with van der Waals surface area (Å²) in [7, 11) is 0. The maximum Gasteiger partial charge on any atom is 0.226 e. The first-order valence-corrected chi connectivity index (χ1v) is 9.83. The van der Waals surface area contributed by atoms with Crippen molar-refractivity contribution in [2.45, 2.75) is 31.1 Å². The molecule has 0 radical (unpaired) electrons. The van der Waals surface area contributed by atoms with Crippen LogP contribution in [0.25, 0.3) is 11.2 Å². The number of hydrogen-bond donors (Lipinski definition) is 4. The molecule has 1 aromatic carbocycles. The number of hydrogen-bond acceptors (Lipinski definition) is 10. The number of anilines is 2. The van der Waals surface area contributed by atoms with E-state index in [0.29, 0.717) is 0 Å². The zero-order chi connectivity index (χ0) is 22.4. The molecule has 4 N–H and O–H groups in total. The molecule has 0 saturated carbocycles. The number of benzene rings is 1. The second kappa shape index (κ2) is 8.07. The summed E-state index contributed by atoms with van der Waals surface area (Å²) in [6.07, 6.45) is -3.55.